The minimum atomic E-state index is -4.41. The summed E-state index contributed by atoms with van der Waals surface area (Å²) < 4.78 is 41.0. The third kappa shape index (κ3) is 4.27. The fourth-order valence-corrected chi connectivity index (χ4v) is 3.65. The number of carbonyl (C=O) groups excluding carboxylic acids is 1. The number of halogens is 4. The van der Waals surface area contributed by atoms with E-state index in [1.807, 2.05) is 6.07 Å². The van der Waals surface area contributed by atoms with Gasteiger partial charge in [-0.2, -0.15) is 13.2 Å². The van der Waals surface area contributed by atoms with Gasteiger partial charge in [0.1, 0.15) is 0 Å². The maximum Gasteiger partial charge on any atom is 0.399 e. The first-order valence-corrected chi connectivity index (χ1v) is 9.22. The molecule has 0 spiro atoms. The summed E-state index contributed by atoms with van der Waals surface area (Å²) in [5.74, 6) is -1.61. The smallest absolute Gasteiger partial charge is 0.294 e. The predicted molar refractivity (Wildman–Crippen MR) is 102 cm³/mol. The Hall–Kier alpha value is -2.07. The van der Waals surface area contributed by atoms with Crippen LogP contribution >= 0.6 is 11.6 Å². The van der Waals surface area contributed by atoms with Gasteiger partial charge in [-0.3, -0.25) is 4.79 Å². The molecule has 3 rings (SSSR count). The number of carbonyl (C=O) groups is 1. The van der Waals surface area contributed by atoms with Gasteiger partial charge in [-0.25, -0.2) is 0 Å². The Kier molecular flexibility index (Phi) is 5.48. The Bertz CT molecular complexity index is 889. The van der Waals surface area contributed by atoms with Crippen LogP contribution < -0.4 is 0 Å². The highest BCUT2D eigenvalue weighted by molar-refractivity contribution is 6.32. The van der Waals surface area contributed by atoms with Gasteiger partial charge < -0.3 is 0 Å². The van der Waals surface area contributed by atoms with Gasteiger partial charge in [0, 0.05) is 17.0 Å². The average molecular weight is 393 g/mol. The molecule has 1 unspecified atom stereocenters. The lowest BCUT2D eigenvalue weighted by atomic mass is 9.89. The van der Waals surface area contributed by atoms with E-state index in [0.29, 0.717) is 33.7 Å². The van der Waals surface area contributed by atoms with Crippen molar-refractivity contribution >= 4 is 23.5 Å². The zero-order valence-corrected chi connectivity index (χ0v) is 15.9. The van der Waals surface area contributed by atoms with E-state index < -0.39 is 12.1 Å². The van der Waals surface area contributed by atoms with Crippen LogP contribution in [0.5, 0.6) is 0 Å². The van der Waals surface area contributed by atoms with Gasteiger partial charge in [0.05, 0.1) is 5.92 Å². The number of rotatable bonds is 3. The zero-order valence-electron chi connectivity index (χ0n) is 15.2. The largest absolute Gasteiger partial charge is 0.399 e. The summed E-state index contributed by atoms with van der Waals surface area (Å²) in [7, 11) is 0. The van der Waals surface area contributed by atoms with E-state index in [1.54, 1.807) is 26.0 Å². The van der Waals surface area contributed by atoms with Crippen LogP contribution in [-0.2, 0) is 6.42 Å². The average Bonchev–Trinajstić information content (AvgIpc) is 2.58. The lowest BCUT2D eigenvalue weighted by Gasteiger charge is -2.19. The molecular formula is C22H20ClF3O. The highest BCUT2D eigenvalue weighted by Gasteiger charge is 2.39. The lowest BCUT2D eigenvalue weighted by Crippen LogP contribution is -2.19. The number of alkyl halides is 3. The summed E-state index contributed by atoms with van der Waals surface area (Å²) in [5.41, 5.74) is 3.69. The van der Waals surface area contributed by atoms with Gasteiger partial charge in [0.2, 0.25) is 0 Å². The summed E-state index contributed by atoms with van der Waals surface area (Å²) in [4.78, 5) is 11.9. The monoisotopic (exact) mass is 392 g/mol. The molecule has 1 atom stereocenters. The number of allylic oxidation sites excluding steroid dienone is 1. The molecule has 2 aromatic carbocycles. The van der Waals surface area contributed by atoms with Crippen molar-refractivity contribution < 1.29 is 18.0 Å². The molecule has 0 aliphatic heterocycles. The van der Waals surface area contributed by atoms with Crippen LogP contribution in [0.4, 0.5) is 13.2 Å². The van der Waals surface area contributed by atoms with E-state index >= 15 is 0 Å². The first-order valence-electron chi connectivity index (χ1n) is 8.84. The molecule has 0 bridgehead atoms. The standard InChI is InChI=1S/C22H20ClF3O/c1-13-10-17(11-14(2)21(13)23)19(22(24,25)26)9-7-15-6-8-18-16(12-15)4-3-5-20(18)27/h6-12,19H,3-5H2,1-2H3/b9-7+. The molecule has 2 aromatic rings. The molecular weight excluding hydrogens is 373 g/mol. The number of Topliss-reactive ketones (excluding diaryl/α,β-unsaturated/α-hetero) is 1. The second-order valence-corrected chi connectivity index (χ2v) is 7.42. The number of hydrogen-bond acceptors (Lipinski definition) is 1. The van der Waals surface area contributed by atoms with E-state index in [-0.39, 0.29) is 11.3 Å². The normalized spacial score (nSPS) is 15.9. The Balaban J connectivity index is 1.95. The lowest BCUT2D eigenvalue weighted by molar-refractivity contribution is -0.139. The fourth-order valence-electron chi connectivity index (χ4n) is 3.55. The van der Waals surface area contributed by atoms with Crippen LogP contribution in [0.1, 0.15) is 56.9 Å². The minimum absolute atomic E-state index is 0.104. The van der Waals surface area contributed by atoms with Gasteiger partial charge in [0.15, 0.2) is 5.78 Å². The Morgan fingerprint density at radius 2 is 1.74 bits per heavy atom. The number of fused-ring (bicyclic) bond motifs is 1. The van der Waals surface area contributed by atoms with Crippen molar-refractivity contribution in [3.8, 4) is 0 Å². The fraction of sp³-hybridized carbons (Fsp3) is 0.318. The van der Waals surface area contributed by atoms with Crippen LogP contribution in [0.2, 0.25) is 5.02 Å². The number of aryl methyl sites for hydroxylation is 3. The van der Waals surface area contributed by atoms with Gasteiger partial charge in [-0.1, -0.05) is 54.1 Å². The van der Waals surface area contributed by atoms with Crippen LogP contribution in [0.3, 0.4) is 0 Å². The molecule has 5 heteroatoms. The van der Waals surface area contributed by atoms with Crippen LogP contribution in [0, 0.1) is 13.8 Å². The van der Waals surface area contributed by atoms with Crippen LogP contribution in [-0.4, -0.2) is 12.0 Å². The molecule has 1 aliphatic carbocycles. The topological polar surface area (TPSA) is 17.1 Å². The molecule has 0 amide bonds. The molecule has 0 radical (unpaired) electrons. The Morgan fingerprint density at radius 3 is 2.37 bits per heavy atom. The quantitative estimate of drug-likeness (QED) is 0.559. The minimum Gasteiger partial charge on any atom is -0.294 e. The first-order chi connectivity index (χ1) is 12.7. The van der Waals surface area contributed by atoms with Crippen molar-refractivity contribution in [3.63, 3.8) is 0 Å². The van der Waals surface area contributed by atoms with E-state index in [1.165, 1.54) is 24.3 Å². The van der Waals surface area contributed by atoms with E-state index in [9.17, 15) is 18.0 Å². The van der Waals surface area contributed by atoms with Crippen LogP contribution in [0.25, 0.3) is 6.08 Å². The van der Waals surface area contributed by atoms with Crippen molar-refractivity contribution in [1.29, 1.82) is 0 Å². The van der Waals surface area contributed by atoms with Gasteiger partial charge in [-0.05, 0) is 54.5 Å². The van der Waals surface area contributed by atoms with E-state index in [4.69, 9.17) is 11.6 Å². The molecule has 27 heavy (non-hydrogen) atoms. The first kappa shape index (κ1) is 19.7. The van der Waals surface area contributed by atoms with Crippen molar-refractivity contribution in [2.24, 2.45) is 0 Å². The molecule has 1 nitrogen and oxygen atoms in total. The second kappa shape index (κ2) is 7.51. The SMILES string of the molecule is Cc1cc(C(/C=C/c2ccc3c(c2)CCCC3=O)C(F)(F)F)cc(C)c1Cl. The third-order valence-corrected chi connectivity index (χ3v) is 5.53. The van der Waals surface area contributed by atoms with Crippen molar-refractivity contribution in [2.45, 2.75) is 45.2 Å². The molecule has 0 N–H and O–H groups in total. The Morgan fingerprint density at radius 1 is 1.07 bits per heavy atom. The summed E-state index contributed by atoms with van der Waals surface area (Å²) in [6.45, 7) is 3.41. The highest BCUT2D eigenvalue weighted by Crippen LogP contribution is 2.38. The summed E-state index contributed by atoms with van der Waals surface area (Å²) in [5, 5.41) is 0.489. The van der Waals surface area contributed by atoms with Crippen molar-refractivity contribution in [1.82, 2.24) is 0 Å². The number of ketones is 1. The van der Waals surface area contributed by atoms with Gasteiger partial charge in [-0.15, -0.1) is 0 Å². The van der Waals surface area contributed by atoms with Crippen molar-refractivity contribution in [3.05, 3.63) is 74.8 Å². The molecule has 142 valence electrons. The third-order valence-electron chi connectivity index (χ3n) is 4.93. The van der Waals surface area contributed by atoms with E-state index in [2.05, 4.69) is 0 Å². The zero-order chi connectivity index (χ0) is 19.8. The van der Waals surface area contributed by atoms with Gasteiger partial charge in [0.25, 0.3) is 0 Å². The predicted octanol–water partition coefficient (Wildman–Crippen LogP) is 6.84. The second-order valence-electron chi connectivity index (χ2n) is 7.04. The maximum atomic E-state index is 13.7. The van der Waals surface area contributed by atoms with Gasteiger partial charge >= 0.3 is 6.18 Å². The highest BCUT2D eigenvalue weighted by atomic mass is 35.5. The number of hydrogen-bond donors (Lipinski definition) is 0. The summed E-state index contributed by atoms with van der Waals surface area (Å²) in [6.07, 6.45) is 0.348. The summed E-state index contributed by atoms with van der Waals surface area (Å²) in [6, 6.07) is 8.21. The molecule has 0 fully saturated rings. The molecule has 0 saturated carbocycles. The maximum absolute atomic E-state index is 13.7. The molecule has 1 aliphatic rings. The molecule has 0 heterocycles. The van der Waals surface area contributed by atoms with Crippen LogP contribution in [0.15, 0.2) is 36.4 Å². The van der Waals surface area contributed by atoms with E-state index in [0.717, 1.165) is 18.4 Å². The number of benzene rings is 2. The molecule has 0 saturated heterocycles. The van der Waals surface area contributed by atoms with Crippen molar-refractivity contribution in [2.75, 3.05) is 0 Å². The molecule has 0 aromatic heterocycles. The summed E-state index contributed by atoms with van der Waals surface area (Å²) >= 11 is 6.09. The Labute approximate surface area is 161 Å².